The van der Waals surface area contributed by atoms with E-state index >= 15 is 0 Å². The maximum Gasteiger partial charge on any atom is 0.266 e. The smallest absolute Gasteiger partial charge is 0.266 e. The van der Waals surface area contributed by atoms with Gasteiger partial charge in [0.15, 0.2) is 11.5 Å². The standard InChI is InChI=1S/C30H34N4O4S/c1-20-14-19-39-29(20)30(36)31-27-21(8-10-25-23-6-3-4-7-24(23)32-33-25)9-11-26(28(27)37-2)38-18-5-15-34-16-12-22(35)13-17-34/h3-4,6-11,14,19,22,35H,5,12-13,15-18H2,1-2H3,(H,31,36)(H,32,33). The van der Waals surface area contributed by atoms with Gasteiger partial charge < -0.3 is 24.8 Å². The number of piperidine rings is 1. The molecule has 2 aromatic carbocycles. The third-order valence-electron chi connectivity index (χ3n) is 7.02. The summed E-state index contributed by atoms with van der Waals surface area (Å²) in [6.45, 7) is 5.18. The van der Waals surface area contributed by atoms with Crippen molar-refractivity contribution < 1.29 is 19.4 Å². The molecule has 0 spiro atoms. The molecule has 1 aliphatic heterocycles. The van der Waals surface area contributed by atoms with Crippen LogP contribution in [0.3, 0.4) is 0 Å². The second-order valence-electron chi connectivity index (χ2n) is 9.71. The molecule has 3 N–H and O–H groups in total. The maximum absolute atomic E-state index is 13.2. The summed E-state index contributed by atoms with van der Waals surface area (Å²) in [6.07, 6.45) is 6.18. The SMILES string of the molecule is COc1c(OCCCN2CCC(O)CC2)ccc(C=Cc2n[nH]c3ccccc23)c1NC(=O)c1sccc1C. The molecule has 1 saturated heterocycles. The van der Waals surface area contributed by atoms with Gasteiger partial charge in [-0.2, -0.15) is 5.10 Å². The molecule has 0 radical (unpaired) electrons. The number of benzene rings is 2. The lowest BCUT2D eigenvalue weighted by Crippen LogP contribution is -2.36. The Balaban J connectivity index is 1.38. The van der Waals surface area contributed by atoms with Crippen molar-refractivity contribution in [2.75, 3.05) is 38.7 Å². The van der Waals surface area contributed by atoms with E-state index in [0.29, 0.717) is 28.7 Å². The minimum absolute atomic E-state index is 0.173. The highest BCUT2D eigenvalue weighted by Crippen LogP contribution is 2.40. The van der Waals surface area contributed by atoms with Gasteiger partial charge in [-0.05, 0) is 67.5 Å². The number of thiophene rings is 1. The number of carbonyl (C=O) groups excluding carboxylic acids is 1. The van der Waals surface area contributed by atoms with E-state index in [2.05, 4.69) is 20.4 Å². The predicted octanol–water partition coefficient (Wildman–Crippen LogP) is 5.59. The van der Waals surface area contributed by atoms with E-state index < -0.39 is 0 Å². The first-order valence-electron chi connectivity index (χ1n) is 13.2. The molecule has 1 aliphatic rings. The number of hydrogen-bond donors (Lipinski definition) is 3. The quantitative estimate of drug-likeness (QED) is 0.224. The molecule has 0 aliphatic carbocycles. The van der Waals surface area contributed by atoms with E-state index in [1.165, 1.54) is 11.3 Å². The number of likely N-dealkylation sites (tertiary alicyclic amines) is 1. The van der Waals surface area contributed by atoms with Gasteiger partial charge in [0.05, 0.1) is 41.6 Å². The van der Waals surface area contributed by atoms with Crippen LogP contribution in [0.4, 0.5) is 5.69 Å². The molecular formula is C30H34N4O4S. The summed E-state index contributed by atoms with van der Waals surface area (Å²) in [6, 6.07) is 13.7. The Morgan fingerprint density at radius 2 is 2.03 bits per heavy atom. The minimum Gasteiger partial charge on any atom is -0.491 e. The fraction of sp³-hybridized carbons (Fsp3) is 0.333. The Morgan fingerprint density at radius 3 is 2.79 bits per heavy atom. The fourth-order valence-electron chi connectivity index (χ4n) is 4.83. The number of aliphatic hydroxyl groups excluding tert-OH is 1. The number of aromatic nitrogens is 2. The lowest BCUT2D eigenvalue weighted by molar-refractivity contribution is 0.0799. The average Bonchev–Trinajstić information content (AvgIpc) is 3.57. The summed E-state index contributed by atoms with van der Waals surface area (Å²) in [5, 5.41) is 23.2. The number of amides is 1. The monoisotopic (exact) mass is 546 g/mol. The number of aromatic amines is 1. The van der Waals surface area contributed by atoms with Crippen LogP contribution in [0, 0.1) is 6.92 Å². The number of nitrogens with zero attached hydrogens (tertiary/aromatic N) is 2. The first kappa shape index (κ1) is 26.9. The number of H-pyrrole nitrogens is 1. The van der Waals surface area contributed by atoms with Crippen molar-refractivity contribution in [2.24, 2.45) is 0 Å². The fourth-order valence-corrected chi connectivity index (χ4v) is 5.65. The normalized spacial score (nSPS) is 14.7. The van der Waals surface area contributed by atoms with E-state index in [4.69, 9.17) is 9.47 Å². The molecule has 8 nitrogen and oxygen atoms in total. The number of carbonyl (C=O) groups is 1. The Kier molecular flexibility index (Phi) is 8.61. The van der Waals surface area contributed by atoms with Crippen LogP contribution in [0.25, 0.3) is 23.1 Å². The molecule has 0 unspecified atom stereocenters. The Morgan fingerprint density at radius 1 is 1.21 bits per heavy atom. The lowest BCUT2D eigenvalue weighted by Gasteiger charge is -2.29. The predicted molar refractivity (Wildman–Crippen MR) is 157 cm³/mol. The van der Waals surface area contributed by atoms with E-state index in [0.717, 1.165) is 66.6 Å². The van der Waals surface area contributed by atoms with Gasteiger partial charge in [-0.1, -0.05) is 24.3 Å². The zero-order chi connectivity index (χ0) is 27.2. The first-order valence-corrected chi connectivity index (χ1v) is 14.1. The highest BCUT2D eigenvalue weighted by atomic mass is 32.1. The van der Waals surface area contributed by atoms with E-state index in [1.807, 2.05) is 66.9 Å². The minimum atomic E-state index is -0.190. The summed E-state index contributed by atoms with van der Waals surface area (Å²) >= 11 is 1.41. The van der Waals surface area contributed by atoms with Crippen LogP contribution in [-0.2, 0) is 0 Å². The number of hydrogen-bond acceptors (Lipinski definition) is 7. The molecule has 2 aromatic heterocycles. The van der Waals surface area contributed by atoms with Crippen LogP contribution in [0.2, 0.25) is 0 Å². The van der Waals surface area contributed by atoms with Gasteiger partial charge in [0.2, 0.25) is 0 Å². The molecule has 204 valence electrons. The van der Waals surface area contributed by atoms with Gasteiger partial charge in [0.25, 0.3) is 5.91 Å². The van der Waals surface area contributed by atoms with Crippen LogP contribution in [0.5, 0.6) is 11.5 Å². The molecule has 9 heteroatoms. The molecule has 1 amide bonds. The van der Waals surface area contributed by atoms with Crippen molar-refractivity contribution in [3.63, 3.8) is 0 Å². The Labute approximate surface area is 232 Å². The van der Waals surface area contributed by atoms with Gasteiger partial charge >= 0.3 is 0 Å². The number of fused-ring (bicyclic) bond motifs is 1. The summed E-state index contributed by atoms with van der Waals surface area (Å²) < 4.78 is 12.0. The molecule has 0 atom stereocenters. The summed E-state index contributed by atoms with van der Waals surface area (Å²) in [5.41, 5.74) is 4.02. The number of aryl methyl sites for hydroxylation is 1. The Bertz CT molecular complexity index is 1450. The molecule has 0 bridgehead atoms. The van der Waals surface area contributed by atoms with Crippen molar-refractivity contribution in [3.8, 4) is 11.5 Å². The van der Waals surface area contributed by atoms with Crippen molar-refractivity contribution in [3.05, 3.63) is 69.5 Å². The van der Waals surface area contributed by atoms with Gasteiger partial charge in [-0.25, -0.2) is 0 Å². The number of rotatable bonds is 10. The molecule has 0 saturated carbocycles. The van der Waals surface area contributed by atoms with Gasteiger partial charge in [0.1, 0.15) is 0 Å². The number of para-hydroxylation sites is 1. The van der Waals surface area contributed by atoms with Gasteiger partial charge in [-0.15, -0.1) is 11.3 Å². The van der Waals surface area contributed by atoms with Crippen molar-refractivity contribution in [1.29, 1.82) is 0 Å². The maximum atomic E-state index is 13.2. The Hall–Kier alpha value is -3.66. The molecule has 1 fully saturated rings. The average molecular weight is 547 g/mol. The summed E-state index contributed by atoms with van der Waals surface area (Å²) in [4.78, 5) is 16.2. The van der Waals surface area contributed by atoms with Gasteiger partial charge in [-0.3, -0.25) is 9.89 Å². The van der Waals surface area contributed by atoms with Crippen molar-refractivity contribution in [2.45, 2.75) is 32.3 Å². The lowest BCUT2D eigenvalue weighted by atomic mass is 10.1. The van der Waals surface area contributed by atoms with Crippen molar-refractivity contribution in [1.82, 2.24) is 15.1 Å². The zero-order valence-corrected chi connectivity index (χ0v) is 23.1. The van der Waals surface area contributed by atoms with Crippen LogP contribution in [0.1, 0.15) is 45.8 Å². The number of ether oxygens (including phenoxy) is 2. The molecule has 4 aromatic rings. The summed E-state index contributed by atoms with van der Waals surface area (Å²) in [5.74, 6) is 0.866. The van der Waals surface area contributed by atoms with Crippen LogP contribution in [-0.4, -0.2) is 65.6 Å². The largest absolute Gasteiger partial charge is 0.491 e. The number of methoxy groups -OCH3 is 1. The van der Waals surface area contributed by atoms with Gasteiger partial charge in [0, 0.05) is 30.6 Å². The van der Waals surface area contributed by atoms with E-state index in [9.17, 15) is 9.90 Å². The second-order valence-corrected chi connectivity index (χ2v) is 10.6. The zero-order valence-electron chi connectivity index (χ0n) is 22.3. The third-order valence-corrected chi connectivity index (χ3v) is 8.03. The number of nitrogens with one attached hydrogen (secondary N) is 2. The van der Waals surface area contributed by atoms with Crippen molar-refractivity contribution >= 4 is 46.0 Å². The van der Waals surface area contributed by atoms with E-state index in [1.54, 1.807) is 7.11 Å². The highest BCUT2D eigenvalue weighted by molar-refractivity contribution is 7.12. The first-order chi connectivity index (χ1) is 19.0. The third kappa shape index (κ3) is 6.33. The van der Waals surface area contributed by atoms with E-state index in [-0.39, 0.29) is 12.0 Å². The number of aliphatic hydroxyl groups is 1. The highest BCUT2D eigenvalue weighted by Gasteiger charge is 2.20. The molecule has 3 heterocycles. The number of anilines is 1. The molecule has 39 heavy (non-hydrogen) atoms. The molecule has 5 rings (SSSR count). The second kappa shape index (κ2) is 12.5. The van der Waals surface area contributed by atoms with Crippen LogP contribution in [0.15, 0.2) is 47.8 Å². The summed E-state index contributed by atoms with van der Waals surface area (Å²) in [7, 11) is 1.59. The topological polar surface area (TPSA) is 99.7 Å². The van der Waals surface area contributed by atoms with Crippen LogP contribution < -0.4 is 14.8 Å². The van der Waals surface area contributed by atoms with Crippen LogP contribution >= 0.6 is 11.3 Å². The molecular weight excluding hydrogens is 512 g/mol.